The highest BCUT2D eigenvalue weighted by Gasteiger charge is 2.48. The number of carbonyl (C=O) groups is 1. The van der Waals surface area contributed by atoms with Crippen LogP contribution in [0.4, 0.5) is 0 Å². The smallest absolute Gasteiger partial charge is 0.220 e. The molecule has 114 valence electrons. The van der Waals surface area contributed by atoms with Crippen molar-refractivity contribution >= 4 is 17.5 Å². The first-order valence-electron chi connectivity index (χ1n) is 7.53. The van der Waals surface area contributed by atoms with E-state index in [4.69, 9.17) is 11.6 Å². The summed E-state index contributed by atoms with van der Waals surface area (Å²) in [7, 11) is 0. The zero-order valence-corrected chi connectivity index (χ0v) is 14.1. The number of aryl methyl sites for hydroxylation is 1. The summed E-state index contributed by atoms with van der Waals surface area (Å²) in [6.45, 7) is 7.92. The zero-order valence-electron chi connectivity index (χ0n) is 13.4. The lowest BCUT2D eigenvalue weighted by molar-refractivity contribution is -0.135. The summed E-state index contributed by atoms with van der Waals surface area (Å²) < 4.78 is 0. The van der Waals surface area contributed by atoms with Gasteiger partial charge in [0.05, 0.1) is 11.6 Å². The molecule has 2 unspecified atom stereocenters. The summed E-state index contributed by atoms with van der Waals surface area (Å²) in [4.78, 5) is 14.4. The molecule has 0 spiro atoms. The van der Waals surface area contributed by atoms with Gasteiger partial charge < -0.3 is 4.90 Å². The maximum Gasteiger partial charge on any atom is 0.220 e. The molecule has 0 bridgehead atoms. The Hall–Kier alpha value is -1.80. The van der Waals surface area contributed by atoms with Crippen molar-refractivity contribution in [2.75, 3.05) is 0 Å². The molecule has 2 atom stereocenters. The average Bonchev–Trinajstić information content (AvgIpc) is 2.71. The first-order valence-corrected chi connectivity index (χ1v) is 7.91. The Balaban J connectivity index is 2.33. The van der Waals surface area contributed by atoms with Gasteiger partial charge in [0.15, 0.2) is 0 Å². The fourth-order valence-electron chi connectivity index (χ4n) is 3.94. The molecule has 0 saturated carbocycles. The highest BCUT2D eigenvalue weighted by atomic mass is 35.5. The number of halogens is 1. The van der Waals surface area contributed by atoms with Crippen LogP contribution in [0, 0.1) is 6.92 Å². The molecule has 1 heterocycles. The summed E-state index contributed by atoms with van der Waals surface area (Å²) in [6, 6.07) is 14.3. The lowest BCUT2D eigenvalue weighted by Gasteiger charge is -2.39. The molecule has 2 aromatic carbocycles. The average molecular weight is 314 g/mol. The Morgan fingerprint density at radius 2 is 1.86 bits per heavy atom. The third-order valence-corrected chi connectivity index (χ3v) is 5.10. The van der Waals surface area contributed by atoms with E-state index in [1.54, 1.807) is 6.92 Å². The van der Waals surface area contributed by atoms with E-state index in [0.29, 0.717) is 5.02 Å². The van der Waals surface area contributed by atoms with Gasteiger partial charge in [-0.15, -0.1) is 0 Å². The molecule has 0 saturated heterocycles. The van der Waals surface area contributed by atoms with Gasteiger partial charge in [-0.2, -0.15) is 0 Å². The van der Waals surface area contributed by atoms with Crippen molar-refractivity contribution in [2.45, 2.75) is 39.3 Å². The normalized spacial score (nSPS) is 23.5. The van der Waals surface area contributed by atoms with Crippen LogP contribution in [0.15, 0.2) is 42.5 Å². The Bertz CT molecular complexity index is 755. The van der Waals surface area contributed by atoms with Gasteiger partial charge in [-0.25, -0.2) is 0 Å². The minimum absolute atomic E-state index is 0.0529. The third-order valence-electron chi connectivity index (χ3n) is 4.87. The topological polar surface area (TPSA) is 20.3 Å². The maximum absolute atomic E-state index is 12.4. The number of hydrogen-bond donors (Lipinski definition) is 0. The predicted octanol–water partition coefficient (Wildman–Crippen LogP) is 4.84. The van der Waals surface area contributed by atoms with Crippen molar-refractivity contribution in [2.24, 2.45) is 0 Å². The molecule has 3 heteroatoms. The first-order chi connectivity index (χ1) is 10.4. The van der Waals surface area contributed by atoms with Crippen LogP contribution in [0.1, 0.15) is 49.1 Å². The molecule has 1 aliphatic rings. The van der Waals surface area contributed by atoms with Gasteiger partial charge in [0, 0.05) is 11.9 Å². The number of amides is 1. The van der Waals surface area contributed by atoms with Gasteiger partial charge in [0.25, 0.3) is 0 Å². The van der Waals surface area contributed by atoms with E-state index in [1.807, 2.05) is 35.2 Å². The standard InChI is InChI=1S/C19H20ClNO/c1-12-9-10-15(20)11-18(12)19(4)17-8-6-5-7-16(17)13(2)21(19)14(3)22/h5-11,13H,1-4H3. The maximum atomic E-state index is 12.4. The number of nitrogens with zero attached hydrogens (tertiary/aromatic N) is 1. The Morgan fingerprint density at radius 1 is 1.18 bits per heavy atom. The summed E-state index contributed by atoms with van der Waals surface area (Å²) in [5, 5.41) is 0.697. The summed E-state index contributed by atoms with van der Waals surface area (Å²) in [5.74, 6) is 0.0746. The molecule has 0 fully saturated rings. The van der Waals surface area contributed by atoms with Crippen molar-refractivity contribution in [3.63, 3.8) is 0 Å². The molecular formula is C19H20ClNO. The molecular weight excluding hydrogens is 294 g/mol. The minimum Gasteiger partial charge on any atom is -0.323 e. The zero-order chi connectivity index (χ0) is 16.1. The van der Waals surface area contributed by atoms with E-state index >= 15 is 0 Å². The van der Waals surface area contributed by atoms with Crippen LogP contribution in [0.2, 0.25) is 5.02 Å². The molecule has 22 heavy (non-hydrogen) atoms. The van der Waals surface area contributed by atoms with Gasteiger partial charge in [0.2, 0.25) is 5.91 Å². The van der Waals surface area contributed by atoms with Crippen molar-refractivity contribution in [3.05, 3.63) is 69.7 Å². The quantitative estimate of drug-likeness (QED) is 0.738. The molecule has 3 rings (SSSR count). The van der Waals surface area contributed by atoms with Gasteiger partial charge in [-0.1, -0.05) is 41.9 Å². The second-order valence-corrected chi connectivity index (χ2v) is 6.62. The lowest BCUT2D eigenvalue weighted by atomic mass is 9.82. The molecule has 1 amide bonds. The van der Waals surface area contributed by atoms with E-state index in [9.17, 15) is 4.79 Å². The van der Waals surface area contributed by atoms with Gasteiger partial charge >= 0.3 is 0 Å². The van der Waals surface area contributed by atoms with E-state index < -0.39 is 5.54 Å². The van der Waals surface area contributed by atoms with Gasteiger partial charge in [-0.05, 0) is 55.2 Å². The van der Waals surface area contributed by atoms with Crippen molar-refractivity contribution < 1.29 is 4.79 Å². The second kappa shape index (κ2) is 5.13. The number of benzene rings is 2. The highest BCUT2D eigenvalue weighted by Crippen LogP contribution is 2.50. The molecule has 0 aromatic heterocycles. The summed E-state index contributed by atoms with van der Waals surface area (Å²) in [5.41, 5.74) is 4.13. The highest BCUT2D eigenvalue weighted by molar-refractivity contribution is 6.30. The molecule has 0 aliphatic carbocycles. The van der Waals surface area contributed by atoms with E-state index in [2.05, 4.69) is 32.9 Å². The van der Waals surface area contributed by atoms with E-state index in [1.165, 1.54) is 11.1 Å². The second-order valence-electron chi connectivity index (χ2n) is 6.18. The first kappa shape index (κ1) is 15.1. The predicted molar refractivity (Wildman–Crippen MR) is 90.0 cm³/mol. The van der Waals surface area contributed by atoms with Crippen molar-refractivity contribution in [1.29, 1.82) is 0 Å². The largest absolute Gasteiger partial charge is 0.323 e. The van der Waals surface area contributed by atoms with Gasteiger partial charge in [-0.3, -0.25) is 4.79 Å². The number of hydrogen-bond acceptors (Lipinski definition) is 1. The molecule has 0 radical (unpaired) electrons. The fourth-order valence-corrected chi connectivity index (χ4v) is 4.11. The van der Waals surface area contributed by atoms with Crippen LogP contribution in [0.5, 0.6) is 0 Å². The number of carbonyl (C=O) groups excluding carboxylic acids is 1. The van der Waals surface area contributed by atoms with Crippen LogP contribution < -0.4 is 0 Å². The SMILES string of the molecule is CC(=O)N1C(C)c2ccccc2C1(C)c1cc(Cl)ccc1C. The Labute approximate surface area is 136 Å². The molecule has 1 aliphatic heterocycles. The van der Waals surface area contributed by atoms with Crippen molar-refractivity contribution in [1.82, 2.24) is 4.90 Å². The lowest BCUT2D eigenvalue weighted by Crippen LogP contribution is -2.44. The molecule has 0 N–H and O–H groups in total. The fraction of sp³-hybridized carbons (Fsp3) is 0.316. The third kappa shape index (κ3) is 1.98. The monoisotopic (exact) mass is 313 g/mol. The molecule has 2 nitrogen and oxygen atoms in total. The van der Waals surface area contributed by atoms with Crippen LogP contribution in [0.3, 0.4) is 0 Å². The van der Waals surface area contributed by atoms with E-state index in [0.717, 1.165) is 11.1 Å². The van der Waals surface area contributed by atoms with Crippen LogP contribution in [-0.2, 0) is 10.3 Å². The van der Waals surface area contributed by atoms with Crippen LogP contribution in [-0.4, -0.2) is 10.8 Å². The number of rotatable bonds is 1. The van der Waals surface area contributed by atoms with E-state index in [-0.39, 0.29) is 11.9 Å². The van der Waals surface area contributed by atoms with Crippen LogP contribution >= 0.6 is 11.6 Å². The Morgan fingerprint density at radius 3 is 2.55 bits per heavy atom. The summed E-state index contributed by atoms with van der Waals surface area (Å²) >= 11 is 6.24. The molecule has 2 aromatic rings. The van der Waals surface area contributed by atoms with Crippen LogP contribution in [0.25, 0.3) is 0 Å². The number of fused-ring (bicyclic) bond motifs is 1. The summed E-state index contributed by atoms with van der Waals surface area (Å²) in [6.07, 6.45) is 0. The minimum atomic E-state index is -0.489. The Kier molecular flexibility index (Phi) is 3.53. The van der Waals surface area contributed by atoms with Crippen molar-refractivity contribution in [3.8, 4) is 0 Å². The van der Waals surface area contributed by atoms with Gasteiger partial charge in [0.1, 0.15) is 0 Å².